The zero-order valence-corrected chi connectivity index (χ0v) is 15.8. The Labute approximate surface area is 163 Å². The van der Waals surface area contributed by atoms with Crippen molar-refractivity contribution in [3.8, 4) is 11.3 Å². The maximum Gasteiger partial charge on any atom is 0.255 e. The number of aromatic amines is 1. The Hall–Kier alpha value is -2.70. The van der Waals surface area contributed by atoms with Crippen LogP contribution in [-0.4, -0.2) is 45.5 Å². The number of nitrogens with one attached hydrogen (secondary N) is 2. The van der Waals surface area contributed by atoms with E-state index in [4.69, 9.17) is 0 Å². The number of hydrogen-bond donors (Lipinski definition) is 2. The summed E-state index contributed by atoms with van der Waals surface area (Å²) in [7, 11) is 0. The van der Waals surface area contributed by atoms with E-state index in [9.17, 15) is 14.0 Å². The van der Waals surface area contributed by atoms with Crippen molar-refractivity contribution < 1.29 is 14.0 Å². The highest BCUT2D eigenvalue weighted by atomic mass is 19.1. The van der Waals surface area contributed by atoms with Gasteiger partial charge in [0, 0.05) is 24.6 Å². The van der Waals surface area contributed by atoms with Gasteiger partial charge in [-0.15, -0.1) is 0 Å². The van der Waals surface area contributed by atoms with Crippen LogP contribution in [-0.2, 0) is 4.79 Å². The van der Waals surface area contributed by atoms with E-state index in [0.29, 0.717) is 35.8 Å². The summed E-state index contributed by atoms with van der Waals surface area (Å²) in [5.74, 6) is -0.554. The van der Waals surface area contributed by atoms with Gasteiger partial charge in [-0.05, 0) is 25.0 Å². The zero-order valence-electron chi connectivity index (χ0n) is 15.8. The van der Waals surface area contributed by atoms with Crippen LogP contribution in [0.25, 0.3) is 11.3 Å². The molecule has 1 saturated heterocycles. The lowest BCUT2D eigenvalue weighted by molar-refractivity contribution is -0.129. The van der Waals surface area contributed by atoms with Crippen LogP contribution in [0, 0.1) is 5.82 Å². The van der Waals surface area contributed by atoms with Crippen LogP contribution in [0.3, 0.4) is 0 Å². The van der Waals surface area contributed by atoms with Crippen LogP contribution >= 0.6 is 0 Å². The summed E-state index contributed by atoms with van der Waals surface area (Å²) in [6.45, 7) is 0.558. The second-order valence-electron chi connectivity index (χ2n) is 7.74. The molecule has 1 aliphatic heterocycles. The molecule has 1 aromatic heterocycles. The van der Waals surface area contributed by atoms with Gasteiger partial charge < -0.3 is 10.2 Å². The number of benzene rings is 1. The third kappa shape index (κ3) is 3.93. The van der Waals surface area contributed by atoms with Gasteiger partial charge in [0.1, 0.15) is 5.82 Å². The number of hydrogen-bond acceptors (Lipinski definition) is 3. The second kappa shape index (κ2) is 8.12. The third-order valence-electron chi connectivity index (χ3n) is 5.76. The van der Waals surface area contributed by atoms with Gasteiger partial charge >= 0.3 is 0 Å². The maximum absolute atomic E-state index is 13.5. The summed E-state index contributed by atoms with van der Waals surface area (Å²) in [6, 6.07) is 6.11. The molecule has 2 fully saturated rings. The SMILES string of the molecule is O=C(N[C@H]1CC(=O)N(C2CCCCCC2)C1)c1cn[nH]c1-c1cccc(F)c1. The first-order valence-corrected chi connectivity index (χ1v) is 10.0. The Kier molecular flexibility index (Phi) is 5.41. The quantitative estimate of drug-likeness (QED) is 0.794. The van der Waals surface area contributed by atoms with E-state index >= 15 is 0 Å². The molecule has 2 amide bonds. The van der Waals surface area contributed by atoms with E-state index < -0.39 is 0 Å². The number of aromatic nitrogens is 2. The lowest BCUT2D eigenvalue weighted by Gasteiger charge is -2.27. The molecule has 0 radical (unpaired) electrons. The number of carbonyl (C=O) groups excluding carboxylic acids is 2. The number of rotatable bonds is 4. The lowest BCUT2D eigenvalue weighted by Crippen LogP contribution is -2.40. The first-order chi connectivity index (χ1) is 13.6. The molecule has 6 nitrogen and oxygen atoms in total. The van der Waals surface area contributed by atoms with E-state index in [1.807, 2.05) is 4.90 Å². The van der Waals surface area contributed by atoms with Crippen LogP contribution in [0.4, 0.5) is 4.39 Å². The number of amides is 2. The zero-order chi connectivity index (χ0) is 19.5. The molecule has 0 spiro atoms. The average molecular weight is 384 g/mol. The van der Waals surface area contributed by atoms with Gasteiger partial charge in [0.15, 0.2) is 0 Å². The Morgan fingerprint density at radius 3 is 2.75 bits per heavy atom. The minimum absolute atomic E-state index is 0.120. The summed E-state index contributed by atoms with van der Waals surface area (Å²) in [5.41, 5.74) is 1.39. The van der Waals surface area contributed by atoms with Crippen molar-refractivity contribution in [3.63, 3.8) is 0 Å². The Balaban J connectivity index is 1.44. The van der Waals surface area contributed by atoms with Crippen LogP contribution in [0.1, 0.15) is 55.3 Å². The van der Waals surface area contributed by atoms with Crippen LogP contribution in [0.2, 0.25) is 0 Å². The van der Waals surface area contributed by atoms with Gasteiger partial charge in [-0.1, -0.05) is 37.8 Å². The number of likely N-dealkylation sites (tertiary alicyclic amines) is 1. The molecule has 2 aliphatic rings. The Bertz CT molecular complexity index is 858. The summed E-state index contributed by atoms with van der Waals surface area (Å²) in [5, 5.41) is 9.69. The van der Waals surface area contributed by atoms with Crippen LogP contribution in [0.15, 0.2) is 30.5 Å². The molecule has 7 heteroatoms. The molecular weight excluding hydrogens is 359 g/mol. The molecule has 1 saturated carbocycles. The van der Waals surface area contributed by atoms with E-state index in [1.54, 1.807) is 12.1 Å². The number of nitrogens with zero attached hydrogens (tertiary/aromatic N) is 2. The second-order valence-corrected chi connectivity index (χ2v) is 7.74. The lowest BCUT2D eigenvalue weighted by atomic mass is 10.1. The summed E-state index contributed by atoms with van der Waals surface area (Å²) in [6.07, 6.45) is 8.68. The van der Waals surface area contributed by atoms with Gasteiger partial charge in [-0.3, -0.25) is 14.7 Å². The predicted octanol–water partition coefficient (Wildman–Crippen LogP) is 3.27. The molecule has 148 valence electrons. The van der Waals surface area contributed by atoms with E-state index in [0.717, 1.165) is 25.7 Å². The molecule has 1 aromatic carbocycles. The molecule has 28 heavy (non-hydrogen) atoms. The minimum Gasteiger partial charge on any atom is -0.347 e. The first kappa shape index (κ1) is 18.7. The number of H-pyrrole nitrogens is 1. The highest BCUT2D eigenvalue weighted by Gasteiger charge is 2.35. The van der Waals surface area contributed by atoms with Gasteiger partial charge in [0.25, 0.3) is 5.91 Å². The van der Waals surface area contributed by atoms with Crippen LogP contribution < -0.4 is 5.32 Å². The summed E-state index contributed by atoms with van der Waals surface area (Å²) in [4.78, 5) is 27.3. The van der Waals surface area contributed by atoms with Crippen molar-refractivity contribution in [2.45, 2.75) is 57.0 Å². The van der Waals surface area contributed by atoms with Crippen molar-refractivity contribution in [1.82, 2.24) is 20.4 Å². The van der Waals surface area contributed by atoms with E-state index in [-0.39, 0.29) is 23.7 Å². The van der Waals surface area contributed by atoms with Gasteiger partial charge in [0.05, 0.1) is 23.5 Å². The molecule has 2 aromatic rings. The summed E-state index contributed by atoms with van der Waals surface area (Å²) >= 11 is 0. The van der Waals surface area contributed by atoms with Crippen molar-refractivity contribution in [2.24, 2.45) is 0 Å². The van der Waals surface area contributed by atoms with Crippen molar-refractivity contribution >= 4 is 11.8 Å². The fourth-order valence-electron chi connectivity index (χ4n) is 4.34. The number of carbonyl (C=O) groups is 2. The van der Waals surface area contributed by atoms with Crippen molar-refractivity contribution in [1.29, 1.82) is 0 Å². The standard InChI is InChI=1S/C21H25FN4O2/c22-15-7-5-6-14(10-15)20-18(12-23-25-20)21(28)24-16-11-19(27)26(13-16)17-8-3-1-2-4-9-17/h5-7,10,12,16-17H,1-4,8-9,11,13H2,(H,23,25)(H,24,28)/t16-/m0/s1. The molecule has 1 aliphatic carbocycles. The fraction of sp³-hybridized carbons (Fsp3) is 0.476. The molecule has 0 bridgehead atoms. The van der Waals surface area contributed by atoms with E-state index in [1.165, 1.54) is 31.2 Å². The normalized spacial score (nSPS) is 21.0. The van der Waals surface area contributed by atoms with Gasteiger partial charge in [0.2, 0.25) is 5.91 Å². The maximum atomic E-state index is 13.5. The van der Waals surface area contributed by atoms with Gasteiger partial charge in [-0.2, -0.15) is 5.10 Å². The molecule has 0 unspecified atom stereocenters. The Morgan fingerprint density at radius 2 is 2.00 bits per heavy atom. The van der Waals surface area contributed by atoms with Gasteiger partial charge in [-0.25, -0.2) is 4.39 Å². The highest BCUT2D eigenvalue weighted by Crippen LogP contribution is 2.26. The molecular formula is C21H25FN4O2. The molecule has 2 heterocycles. The third-order valence-corrected chi connectivity index (χ3v) is 5.76. The monoisotopic (exact) mass is 384 g/mol. The Morgan fingerprint density at radius 1 is 1.21 bits per heavy atom. The number of halogens is 1. The largest absolute Gasteiger partial charge is 0.347 e. The summed E-state index contributed by atoms with van der Waals surface area (Å²) < 4.78 is 13.5. The van der Waals surface area contributed by atoms with E-state index in [2.05, 4.69) is 15.5 Å². The van der Waals surface area contributed by atoms with Crippen molar-refractivity contribution in [2.75, 3.05) is 6.54 Å². The van der Waals surface area contributed by atoms with Crippen molar-refractivity contribution in [3.05, 3.63) is 41.8 Å². The predicted molar refractivity (Wildman–Crippen MR) is 103 cm³/mol. The topological polar surface area (TPSA) is 78.1 Å². The molecule has 4 rings (SSSR count). The smallest absolute Gasteiger partial charge is 0.255 e. The minimum atomic E-state index is -0.376. The highest BCUT2D eigenvalue weighted by molar-refractivity contribution is 6.00. The molecule has 2 N–H and O–H groups in total. The average Bonchev–Trinajstić information content (AvgIpc) is 3.21. The first-order valence-electron chi connectivity index (χ1n) is 10.0. The molecule has 1 atom stereocenters. The van der Waals surface area contributed by atoms with Crippen LogP contribution in [0.5, 0.6) is 0 Å². The fourth-order valence-corrected chi connectivity index (χ4v) is 4.34.